The lowest BCUT2D eigenvalue weighted by Crippen LogP contribution is -2.69. The summed E-state index contributed by atoms with van der Waals surface area (Å²) in [5.74, 6) is -4.11. The number of ether oxygens (including phenoxy) is 14. The smallest absolute Gasteiger partial charge is 0.335 e. The van der Waals surface area contributed by atoms with E-state index in [4.69, 9.17) is 66.3 Å². The molecule has 0 bridgehead atoms. The number of aliphatic carboxylic acids is 1. The molecule has 7 heterocycles. The average Bonchev–Trinajstić information content (AvgIpc) is 0.670. The number of aliphatic hydroxyl groups is 19. The fourth-order valence-electron chi connectivity index (χ4n) is 20.3. The third-order valence-electron chi connectivity index (χ3n) is 26.9. The largest absolute Gasteiger partial charge is 0.479 e. The van der Waals surface area contributed by atoms with E-state index in [1.807, 2.05) is 13.8 Å². The zero-order chi connectivity index (χ0) is 78.2. The highest BCUT2D eigenvalue weighted by Gasteiger charge is 2.73. The van der Waals surface area contributed by atoms with Gasteiger partial charge in [0.25, 0.3) is 0 Å². The molecule has 612 valence electrons. The van der Waals surface area contributed by atoms with Crippen molar-refractivity contribution in [2.24, 2.45) is 50.2 Å². The van der Waals surface area contributed by atoms with E-state index < -0.39 is 298 Å². The summed E-state index contributed by atoms with van der Waals surface area (Å²) in [6.07, 6.45) is -58.4. The van der Waals surface area contributed by atoms with Crippen molar-refractivity contribution in [3.8, 4) is 0 Å². The Balaban J connectivity index is 0.834. The van der Waals surface area contributed by atoms with Crippen molar-refractivity contribution < 1.29 is 183 Å². The first-order valence-electron chi connectivity index (χ1n) is 37.0. The molecule has 37 heteroatoms. The molecule has 12 aliphatic rings. The van der Waals surface area contributed by atoms with Crippen LogP contribution in [0.3, 0.4) is 0 Å². The molecule has 4 saturated carbocycles. The van der Waals surface area contributed by atoms with Crippen molar-refractivity contribution in [3.63, 3.8) is 0 Å². The summed E-state index contributed by atoms with van der Waals surface area (Å²) in [6.45, 7) is 11.9. The molecule has 43 atom stereocenters. The molecule has 0 aromatic carbocycles. The number of aliphatic hydroxyl groups excluding tert-OH is 19. The number of hydrogen-bond donors (Lipinski definition) is 20. The Labute approximate surface area is 615 Å². The Bertz CT molecular complexity index is 3130. The molecule has 20 N–H and O–H groups in total. The lowest BCUT2D eigenvalue weighted by molar-refractivity contribution is -0.400. The van der Waals surface area contributed by atoms with E-state index >= 15 is 4.79 Å². The van der Waals surface area contributed by atoms with Gasteiger partial charge in [-0.1, -0.05) is 53.2 Å². The number of carboxylic acids is 1. The second-order valence-corrected chi connectivity index (χ2v) is 33.6. The quantitative estimate of drug-likeness (QED) is 0.0262. The Morgan fingerprint density at radius 3 is 1.61 bits per heavy atom. The van der Waals surface area contributed by atoms with Crippen molar-refractivity contribution >= 4 is 18.2 Å². The van der Waals surface area contributed by atoms with E-state index in [9.17, 15) is 112 Å². The lowest BCUT2D eigenvalue weighted by atomic mass is 9.33. The lowest BCUT2D eigenvalue weighted by Gasteiger charge is -2.71. The summed E-state index contributed by atoms with van der Waals surface area (Å²) in [5, 5.41) is 221. The maximum absolute atomic E-state index is 16.2. The molecule has 7 aliphatic heterocycles. The van der Waals surface area contributed by atoms with Crippen LogP contribution in [0.2, 0.25) is 0 Å². The molecule has 11 fully saturated rings. The zero-order valence-electron chi connectivity index (χ0n) is 60.7. The van der Waals surface area contributed by atoms with E-state index in [0.29, 0.717) is 38.5 Å². The molecule has 0 aromatic heterocycles. The normalized spacial score (nSPS) is 55.0. The van der Waals surface area contributed by atoms with E-state index in [-0.39, 0.29) is 25.2 Å². The first-order valence-corrected chi connectivity index (χ1v) is 37.0. The van der Waals surface area contributed by atoms with Crippen LogP contribution in [-0.2, 0) is 80.7 Å². The van der Waals surface area contributed by atoms with Crippen LogP contribution in [0.5, 0.6) is 0 Å². The third kappa shape index (κ3) is 14.3. The van der Waals surface area contributed by atoms with Crippen molar-refractivity contribution in [2.45, 2.75) is 328 Å². The molecule has 7 saturated heterocycles. The van der Waals surface area contributed by atoms with Gasteiger partial charge in [-0.3, -0.25) is 4.79 Å². The molecular formula is C70H110O37. The van der Waals surface area contributed by atoms with Gasteiger partial charge in [0.05, 0.1) is 56.3 Å². The van der Waals surface area contributed by atoms with Crippen molar-refractivity contribution in [3.05, 3.63) is 11.6 Å². The van der Waals surface area contributed by atoms with Crippen LogP contribution in [0.4, 0.5) is 0 Å². The van der Waals surface area contributed by atoms with Crippen LogP contribution < -0.4 is 0 Å². The summed E-state index contributed by atoms with van der Waals surface area (Å²) >= 11 is 0. The van der Waals surface area contributed by atoms with E-state index in [0.717, 1.165) is 11.9 Å². The molecular weight excluding hydrogens is 1430 g/mol. The predicted molar refractivity (Wildman–Crippen MR) is 348 cm³/mol. The Morgan fingerprint density at radius 1 is 0.486 bits per heavy atom. The molecule has 0 unspecified atom stereocenters. The highest BCUT2D eigenvalue weighted by Crippen LogP contribution is 2.76. The summed E-state index contributed by atoms with van der Waals surface area (Å²) in [4.78, 5) is 42.8. The molecule has 12 rings (SSSR count). The number of carbonyl (C=O) groups is 3. The van der Waals surface area contributed by atoms with Crippen LogP contribution in [0, 0.1) is 50.2 Å². The summed E-state index contributed by atoms with van der Waals surface area (Å²) in [7, 11) is 0. The number of allylic oxidation sites excluding steroid dienone is 2. The van der Waals surface area contributed by atoms with Crippen molar-refractivity contribution in [1.29, 1.82) is 0 Å². The van der Waals surface area contributed by atoms with E-state index in [1.54, 1.807) is 6.92 Å². The topological polar surface area (TPSA) is 585 Å². The maximum Gasteiger partial charge on any atom is 0.335 e. The second kappa shape index (κ2) is 31.4. The van der Waals surface area contributed by atoms with Gasteiger partial charge in [0.1, 0.15) is 146 Å². The Kier molecular flexibility index (Phi) is 24.5. The van der Waals surface area contributed by atoms with Gasteiger partial charge in [-0.2, -0.15) is 0 Å². The first-order chi connectivity index (χ1) is 50.2. The minimum atomic E-state index is -2.22. The van der Waals surface area contributed by atoms with Gasteiger partial charge in [0.15, 0.2) is 49.9 Å². The Hall–Kier alpha value is -2.93. The average molecular weight is 1540 g/mol. The maximum atomic E-state index is 16.2. The standard InChI is InChI=1S/C70H110O37/c1-24-36(77)40(81)44(85)58(96-24)102-51-29(75)22-95-63(55(51)106-61-49(90)53(104-60-46(87)42(83)39(80)31(20-72)99-60)50(25(2)97-61)101-57-43(84)37(78)28(74)21-94-57)107-64(93)70-16-15-65(3,4)17-27(70)26-9-10-33-66(5)13-12-35(67(6,23-73)32(66)11-14-68(33,7)69(26,8)18-34(70)76)100-62-48(89)52(47(88)54(105-62)56(91)92)103-59-45(86)41(82)38(79)30(19-71)98-59/h9,23-25,27-55,57-63,71-72,74-90H,10-22H2,1-8H3,(H,91,92)/t24-,25+,27+,28-,29+,30-,31-,32-,33-,34-,35+,36+,37+,38+,39-,40+,41+,42+,43-,44-,45-,46-,47+,48-,49-,50+,51+,52+,53+,54+,55-,57+,58+,59+,60+,61+,62-,63+,66+,67+,68-,69-,70-/m1/s1. The molecule has 107 heavy (non-hydrogen) atoms. The van der Waals surface area contributed by atoms with Gasteiger partial charge in [0, 0.05) is 0 Å². The number of fused-ring (bicyclic) bond motifs is 7. The summed E-state index contributed by atoms with van der Waals surface area (Å²) in [6, 6.07) is 0. The van der Waals surface area contributed by atoms with Gasteiger partial charge in [0.2, 0.25) is 6.29 Å². The molecule has 0 aromatic rings. The second-order valence-electron chi connectivity index (χ2n) is 33.6. The number of hydrogen-bond acceptors (Lipinski definition) is 36. The summed E-state index contributed by atoms with van der Waals surface area (Å²) in [5.41, 5.74) is -4.96. The molecule has 0 spiro atoms. The van der Waals surface area contributed by atoms with Crippen molar-refractivity contribution in [1.82, 2.24) is 0 Å². The number of rotatable bonds is 18. The minimum Gasteiger partial charge on any atom is -0.479 e. The SMILES string of the molecule is C[C@@H]1O[C@@H](O[C@H]2[C@H](OC(=O)[C@]34CCC(C)(C)C[C@H]3C3=CC[C@@H]5[C@@]6(C)CC[C@H](O[C@@H]7O[C@H](C(=O)O)[C@@H](O)[C@H](O[C@@H]8O[C@H](CO)[C@H](O)[C@H](O)[C@H]8O)[C@H]7O)[C@@](C)(C=O)[C@@H]6CC[C@@]5(C)[C@]3(C)C[C@H]4O)OC[C@H](O)[C@@H]2O[C@@H]2O[C@H](C)[C@H](O)[C@H](O)[C@H]2O)[C@H](O)[C@H](O[C@@H]2O[C@H](CO)[C@@H](O)[C@H](O)[C@H]2O)[C@H]1O[C@@H]1OC[C@@H](O)[C@H](O)[C@H]1O. The first kappa shape index (κ1) is 83.5. The number of carbonyl (C=O) groups excluding carboxylic acids is 2. The summed E-state index contributed by atoms with van der Waals surface area (Å²) < 4.78 is 84.7. The molecule has 5 aliphatic carbocycles. The minimum absolute atomic E-state index is 0.00411. The monoisotopic (exact) mass is 1540 g/mol. The molecule has 0 radical (unpaired) electrons. The van der Waals surface area contributed by atoms with E-state index in [1.165, 1.54) is 13.8 Å². The van der Waals surface area contributed by atoms with Crippen LogP contribution in [-0.4, -0.2) is 362 Å². The van der Waals surface area contributed by atoms with Crippen LogP contribution in [0.1, 0.15) is 113 Å². The van der Waals surface area contributed by atoms with Gasteiger partial charge in [-0.15, -0.1) is 0 Å². The highest BCUT2D eigenvalue weighted by molar-refractivity contribution is 5.80. The number of carboxylic acid groups (broad SMARTS) is 1. The van der Waals surface area contributed by atoms with Crippen LogP contribution >= 0.6 is 0 Å². The van der Waals surface area contributed by atoms with Gasteiger partial charge in [-0.05, 0) is 111 Å². The predicted octanol–water partition coefficient (Wildman–Crippen LogP) is -6.99. The highest BCUT2D eigenvalue weighted by atomic mass is 16.8. The Morgan fingerprint density at radius 2 is 1.00 bits per heavy atom. The third-order valence-corrected chi connectivity index (χ3v) is 26.9. The molecule has 0 amide bonds. The van der Waals surface area contributed by atoms with Crippen molar-refractivity contribution in [2.75, 3.05) is 26.4 Å². The van der Waals surface area contributed by atoms with Crippen LogP contribution in [0.25, 0.3) is 0 Å². The van der Waals surface area contributed by atoms with E-state index in [2.05, 4.69) is 26.8 Å². The number of esters is 1. The number of aldehydes is 1. The van der Waals surface area contributed by atoms with Gasteiger partial charge < -0.3 is 173 Å². The van der Waals surface area contributed by atoms with Gasteiger partial charge >= 0.3 is 11.9 Å². The van der Waals surface area contributed by atoms with Crippen LogP contribution in [0.15, 0.2) is 11.6 Å². The molecule has 37 nitrogen and oxygen atoms in total. The van der Waals surface area contributed by atoms with Gasteiger partial charge in [-0.25, -0.2) is 4.79 Å². The fourth-order valence-corrected chi connectivity index (χ4v) is 20.3. The fraction of sp³-hybridized carbons (Fsp3) is 0.929. The zero-order valence-corrected chi connectivity index (χ0v) is 60.7.